The van der Waals surface area contributed by atoms with Crippen molar-refractivity contribution in [3.05, 3.63) is 23.3 Å². The van der Waals surface area contributed by atoms with Crippen molar-refractivity contribution in [2.75, 3.05) is 19.8 Å². The van der Waals surface area contributed by atoms with Crippen molar-refractivity contribution in [2.24, 2.45) is 0 Å². The third-order valence-corrected chi connectivity index (χ3v) is 4.38. The van der Waals surface area contributed by atoms with Gasteiger partial charge in [-0.1, -0.05) is 0 Å². The molecule has 0 aliphatic rings. The predicted molar refractivity (Wildman–Crippen MR) is 76.1 cm³/mol. The molecule has 0 heterocycles. The summed E-state index contributed by atoms with van der Waals surface area (Å²) in [5.74, 6) is -1.85. The molecular formula is C13H19NO6S. The summed E-state index contributed by atoms with van der Waals surface area (Å²) in [6.07, 6.45) is 0.510. The van der Waals surface area contributed by atoms with Gasteiger partial charge in [-0.05, 0) is 38.0 Å². The molecule has 1 aromatic rings. The van der Waals surface area contributed by atoms with Gasteiger partial charge in [-0.15, -0.1) is 0 Å². The van der Waals surface area contributed by atoms with Gasteiger partial charge in [0.1, 0.15) is 11.3 Å². The molecule has 0 spiro atoms. The summed E-state index contributed by atoms with van der Waals surface area (Å²) >= 11 is 0. The molecule has 0 amide bonds. The number of phenols is 1. The Hall–Kier alpha value is -1.64. The fourth-order valence-electron chi connectivity index (χ4n) is 1.74. The molecule has 3 N–H and O–H groups in total. The zero-order valence-corrected chi connectivity index (χ0v) is 12.7. The highest BCUT2D eigenvalue weighted by atomic mass is 32.2. The van der Waals surface area contributed by atoms with Crippen LogP contribution in [0.2, 0.25) is 0 Å². The standard InChI is InChI=1S/C13H19NO6S/c1-3-20-6-4-5-14-21(18,19)12-8-10(13(16)17)11(15)7-9(12)2/h7-8,14-15H,3-6H2,1-2H3,(H,16,17). The fraction of sp³-hybridized carbons (Fsp3) is 0.462. The molecule has 0 aromatic heterocycles. The molecule has 1 rings (SSSR count). The Labute approximate surface area is 123 Å². The number of aryl methyl sites for hydroxylation is 1. The number of nitrogens with one attached hydrogen (secondary N) is 1. The maximum Gasteiger partial charge on any atom is 0.339 e. The average molecular weight is 317 g/mol. The SMILES string of the molecule is CCOCCCNS(=O)(=O)c1cc(C(=O)O)c(O)cc1C. The Bertz CT molecular complexity index is 611. The second-order valence-electron chi connectivity index (χ2n) is 4.39. The summed E-state index contributed by atoms with van der Waals surface area (Å²) in [6, 6.07) is 2.08. The first-order valence-corrected chi connectivity index (χ1v) is 7.92. The number of hydrogen-bond donors (Lipinski definition) is 3. The van der Waals surface area contributed by atoms with Crippen LogP contribution in [0.4, 0.5) is 0 Å². The third kappa shape index (κ3) is 4.69. The average Bonchev–Trinajstić information content (AvgIpc) is 2.37. The molecule has 0 bridgehead atoms. The van der Waals surface area contributed by atoms with Gasteiger partial charge >= 0.3 is 5.97 Å². The Kier molecular flexibility index (Phi) is 6.13. The molecule has 8 heteroatoms. The van der Waals surface area contributed by atoms with E-state index in [1.54, 1.807) is 0 Å². The van der Waals surface area contributed by atoms with Crippen LogP contribution in [0.5, 0.6) is 5.75 Å². The van der Waals surface area contributed by atoms with Crippen LogP contribution in [0.3, 0.4) is 0 Å². The molecule has 0 saturated carbocycles. The quantitative estimate of drug-likeness (QED) is 0.619. The number of sulfonamides is 1. The van der Waals surface area contributed by atoms with Gasteiger partial charge in [0.2, 0.25) is 10.0 Å². The number of carboxylic acid groups (broad SMARTS) is 1. The zero-order valence-electron chi connectivity index (χ0n) is 11.9. The van der Waals surface area contributed by atoms with E-state index in [1.807, 2.05) is 6.92 Å². The van der Waals surface area contributed by atoms with Crippen LogP contribution in [0.1, 0.15) is 29.3 Å². The Morgan fingerprint density at radius 3 is 2.62 bits per heavy atom. The lowest BCUT2D eigenvalue weighted by Gasteiger charge is -2.11. The highest BCUT2D eigenvalue weighted by Gasteiger charge is 2.21. The molecule has 0 unspecified atom stereocenters. The van der Waals surface area contributed by atoms with E-state index in [0.29, 0.717) is 19.6 Å². The molecule has 0 fully saturated rings. The van der Waals surface area contributed by atoms with Gasteiger partial charge < -0.3 is 14.9 Å². The lowest BCUT2D eigenvalue weighted by molar-refractivity contribution is 0.0693. The number of aromatic carboxylic acids is 1. The second kappa shape index (κ2) is 7.39. The van der Waals surface area contributed by atoms with E-state index < -0.39 is 27.3 Å². The van der Waals surface area contributed by atoms with E-state index >= 15 is 0 Å². The number of carboxylic acids is 1. The van der Waals surface area contributed by atoms with Gasteiger partial charge in [-0.2, -0.15) is 0 Å². The van der Waals surface area contributed by atoms with Crippen LogP contribution >= 0.6 is 0 Å². The van der Waals surface area contributed by atoms with Gasteiger partial charge in [-0.3, -0.25) is 0 Å². The lowest BCUT2D eigenvalue weighted by atomic mass is 10.1. The van der Waals surface area contributed by atoms with Crippen molar-refractivity contribution >= 4 is 16.0 Å². The van der Waals surface area contributed by atoms with Crippen molar-refractivity contribution in [2.45, 2.75) is 25.2 Å². The monoisotopic (exact) mass is 317 g/mol. The van der Waals surface area contributed by atoms with Crippen LogP contribution in [0, 0.1) is 6.92 Å². The highest BCUT2D eigenvalue weighted by Crippen LogP contribution is 2.25. The number of aromatic hydroxyl groups is 1. The molecule has 0 saturated heterocycles. The van der Waals surface area contributed by atoms with Gasteiger partial charge in [0, 0.05) is 19.8 Å². The smallest absolute Gasteiger partial charge is 0.339 e. The predicted octanol–water partition coefficient (Wildman–Crippen LogP) is 1.10. The molecular weight excluding hydrogens is 298 g/mol. The Morgan fingerprint density at radius 1 is 1.38 bits per heavy atom. The summed E-state index contributed by atoms with van der Waals surface area (Å²) in [6.45, 7) is 4.52. The van der Waals surface area contributed by atoms with E-state index in [0.717, 1.165) is 12.1 Å². The van der Waals surface area contributed by atoms with Gasteiger partial charge in [0.25, 0.3) is 0 Å². The highest BCUT2D eigenvalue weighted by molar-refractivity contribution is 7.89. The molecule has 0 atom stereocenters. The summed E-state index contributed by atoms with van der Waals surface area (Å²) in [4.78, 5) is 10.8. The molecule has 1 aromatic carbocycles. The van der Waals surface area contributed by atoms with E-state index in [-0.39, 0.29) is 17.0 Å². The van der Waals surface area contributed by atoms with Gasteiger partial charge in [0.05, 0.1) is 4.90 Å². The second-order valence-corrected chi connectivity index (χ2v) is 6.12. The Morgan fingerprint density at radius 2 is 2.05 bits per heavy atom. The molecule has 0 radical (unpaired) electrons. The van der Waals surface area contributed by atoms with E-state index in [4.69, 9.17) is 9.84 Å². The lowest BCUT2D eigenvalue weighted by Crippen LogP contribution is -2.26. The first-order valence-electron chi connectivity index (χ1n) is 6.44. The molecule has 21 heavy (non-hydrogen) atoms. The minimum atomic E-state index is -3.83. The van der Waals surface area contributed by atoms with Crippen LogP contribution in [-0.4, -0.2) is 44.4 Å². The zero-order chi connectivity index (χ0) is 16.0. The van der Waals surface area contributed by atoms with Crippen LogP contribution in [-0.2, 0) is 14.8 Å². The molecule has 0 aliphatic heterocycles. The van der Waals surface area contributed by atoms with Crippen molar-refractivity contribution in [1.82, 2.24) is 4.72 Å². The van der Waals surface area contributed by atoms with Gasteiger partial charge in [0.15, 0.2) is 0 Å². The summed E-state index contributed by atoms with van der Waals surface area (Å²) in [5, 5.41) is 18.4. The number of ether oxygens (including phenoxy) is 1. The number of benzene rings is 1. The van der Waals surface area contributed by atoms with Crippen molar-refractivity contribution in [3.8, 4) is 5.75 Å². The van der Waals surface area contributed by atoms with Crippen molar-refractivity contribution in [3.63, 3.8) is 0 Å². The van der Waals surface area contributed by atoms with Crippen LogP contribution < -0.4 is 4.72 Å². The summed E-state index contributed by atoms with van der Waals surface area (Å²) in [5.41, 5.74) is -0.176. The van der Waals surface area contributed by atoms with E-state index in [2.05, 4.69) is 4.72 Å². The minimum Gasteiger partial charge on any atom is -0.507 e. The maximum atomic E-state index is 12.1. The fourth-order valence-corrected chi connectivity index (χ4v) is 3.06. The normalized spacial score (nSPS) is 11.5. The largest absolute Gasteiger partial charge is 0.507 e. The first-order chi connectivity index (χ1) is 9.79. The number of carbonyl (C=O) groups is 1. The summed E-state index contributed by atoms with van der Waals surface area (Å²) in [7, 11) is -3.83. The molecule has 7 nitrogen and oxygen atoms in total. The van der Waals surface area contributed by atoms with E-state index in [9.17, 15) is 18.3 Å². The maximum absolute atomic E-state index is 12.1. The third-order valence-electron chi connectivity index (χ3n) is 2.77. The molecule has 0 aliphatic carbocycles. The number of hydrogen-bond acceptors (Lipinski definition) is 5. The first kappa shape index (κ1) is 17.4. The van der Waals surface area contributed by atoms with Gasteiger partial charge in [-0.25, -0.2) is 17.9 Å². The Balaban J connectivity index is 2.92. The number of rotatable bonds is 8. The van der Waals surface area contributed by atoms with E-state index in [1.165, 1.54) is 6.92 Å². The topological polar surface area (TPSA) is 113 Å². The summed E-state index contributed by atoms with van der Waals surface area (Å²) < 4.78 is 31.8. The molecule has 118 valence electrons. The minimum absolute atomic E-state index is 0.158. The van der Waals surface area contributed by atoms with Crippen LogP contribution in [0.15, 0.2) is 17.0 Å². The van der Waals surface area contributed by atoms with Crippen LogP contribution in [0.25, 0.3) is 0 Å². The van der Waals surface area contributed by atoms with Crippen molar-refractivity contribution in [1.29, 1.82) is 0 Å². The van der Waals surface area contributed by atoms with Crippen molar-refractivity contribution < 1.29 is 28.2 Å².